The van der Waals surface area contributed by atoms with Crippen molar-refractivity contribution in [1.82, 2.24) is 15.1 Å². The first-order valence-corrected chi connectivity index (χ1v) is 9.05. The summed E-state index contributed by atoms with van der Waals surface area (Å²) in [6.07, 6.45) is 2.33. The molecule has 0 aliphatic carbocycles. The minimum atomic E-state index is -0.356. The predicted octanol–water partition coefficient (Wildman–Crippen LogP) is 1.68. The lowest BCUT2D eigenvalue weighted by Crippen LogP contribution is -2.42. The van der Waals surface area contributed by atoms with E-state index < -0.39 is 0 Å². The van der Waals surface area contributed by atoms with Crippen LogP contribution in [0.3, 0.4) is 0 Å². The standard InChI is InChI=1S/C17H27N3O5/c1-12(2)16-18-19-17(25-16)14-10-20(6-9-24-14)15(21)5-8-22-11-13-4-3-7-23-13/h12-14H,3-11H2,1-2H3/t13-,14-/m0/s1. The van der Waals surface area contributed by atoms with Crippen molar-refractivity contribution in [3.63, 3.8) is 0 Å². The van der Waals surface area contributed by atoms with E-state index >= 15 is 0 Å². The molecule has 8 heteroatoms. The lowest BCUT2D eigenvalue weighted by Gasteiger charge is -2.31. The normalized spacial score (nSPS) is 24.2. The van der Waals surface area contributed by atoms with Crippen molar-refractivity contribution >= 4 is 5.91 Å². The molecule has 0 spiro atoms. The van der Waals surface area contributed by atoms with E-state index in [9.17, 15) is 4.79 Å². The Balaban J connectivity index is 1.42. The molecule has 140 valence electrons. The zero-order valence-electron chi connectivity index (χ0n) is 15.0. The Hall–Kier alpha value is -1.51. The summed E-state index contributed by atoms with van der Waals surface area (Å²) in [7, 11) is 0. The maximum atomic E-state index is 12.4. The second-order valence-electron chi connectivity index (χ2n) is 6.79. The average molecular weight is 353 g/mol. The van der Waals surface area contributed by atoms with E-state index in [0.717, 1.165) is 19.4 Å². The van der Waals surface area contributed by atoms with Gasteiger partial charge in [0.15, 0.2) is 6.10 Å². The smallest absolute Gasteiger partial charge is 0.247 e. The molecule has 0 unspecified atom stereocenters. The van der Waals surface area contributed by atoms with Gasteiger partial charge in [0.05, 0.1) is 38.9 Å². The number of nitrogens with zero attached hydrogens (tertiary/aromatic N) is 3. The Morgan fingerprint density at radius 1 is 1.32 bits per heavy atom. The average Bonchev–Trinajstić information content (AvgIpc) is 3.30. The van der Waals surface area contributed by atoms with Gasteiger partial charge in [-0.25, -0.2) is 0 Å². The van der Waals surface area contributed by atoms with E-state index in [1.165, 1.54) is 0 Å². The van der Waals surface area contributed by atoms with Crippen LogP contribution in [0.4, 0.5) is 0 Å². The molecule has 0 aromatic carbocycles. The van der Waals surface area contributed by atoms with Gasteiger partial charge < -0.3 is 23.5 Å². The van der Waals surface area contributed by atoms with Crippen molar-refractivity contribution in [2.45, 2.75) is 51.2 Å². The first kappa shape index (κ1) is 18.3. The summed E-state index contributed by atoms with van der Waals surface area (Å²) in [4.78, 5) is 14.2. The molecule has 3 rings (SSSR count). The van der Waals surface area contributed by atoms with E-state index in [-0.39, 0.29) is 24.0 Å². The zero-order valence-corrected chi connectivity index (χ0v) is 15.0. The number of rotatable bonds is 7. The number of carbonyl (C=O) groups excluding carboxylic acids is 1. The summed E-state index contributed by atoms with van der Waals surface area (Å²) in [5.74, 6) is 1.26. The van der Waals surface area contributed by atoms with Gasteiger partial charge in [0, 0.05) is 19.1 Å². The van der Waals surface area contributed by atoms with Gasteiger partial charge in [-0.1, -0.05) is 13.8 Å². The molecular formula is C17H27N3O5. The van der Waals surface area contributed by atoms with Gasteiger partial charge in [0.1, 0.15) is 0 Å². The molecule has 8 nitrogen and oxygen atoms in total. The molecule has 0 N–H and O–H groups in total. The van der Waals surface area contributed by atoms with Crippen LogP contribution < -0.4 is 0 Å². The van der Waals surface area contributed by atoms with Gasteiger partial charge in [0.25, 0.3) is 0 Å². The Kier molecular flexibility index (Phi) is 6.39. The van der Waals surface area contributed by atoms with Gasteiger partial charge in [0.2, 0.25) is 17.7 Å². The molecule has 0 radical (unpaired) electrons. The van der Waals surface area contributed by atoms with Crippen LogP contribution in [0.25, 0.3) is 0 Å². The molecule has 25 heavy (non-hydrogen) atoms. The van der Waals surface area contributed by atoms with Crippen molar-refractivity contribution < 1.29 is 23.4 Å². The van der Waals surface area contributed by atoms with Crippen molar-refractivity contribution in [3.05, 3.63) is 11.8 Å². The number of ether oxygens (including phenoxy) is 3. The summed E-state index contributed by atoms with van der Waals surface area (Å²) in [5.41, 5.74) is 0. The van der Waals surface area contributed by atoms with Crippen molar-refractivity contribution in [1.29, 1.82) is 0 Å². The first-order valence-electron chi connectivity index (χ1n) is 9.05. The second kappa shape index (κ2) is 8.73. The fraction of sp³-hybridized carbons (Fsp3) is 0.824. The molecule has 2 saturated heterocycles. The minimum Gasteiger partial charge on any atom is -0.422 e. The molecule has 2 aliphatic heterocycles. The Bertz CT molecular complexity index is 556. The number of amides is 1. The van der Waals surface area contributed by atoms with Gasteiger partial charge in [-0.3, -0.25) is 4.79 Å². The third kappa shape index (κ3) is 4.99. The SMILES string of the molecule is CC(C)c1nnc([C@@H]2CN(C(=O)CCOC[C@@H]3CCCO3)CCO2)o1. The van der Waals surface area contributed by atoms with Crippen LogP contribution in [0.1, 0.15) is 56.9 Å². The molecule has 2 atom stereocenters. The van der Waals surface area contributed by atoms with Gasteiger partial charge in [-0.15, -0.1) is 10.2 Å². The van der Waals surface area contributed by atoms with E-state index in [2.05, 4.69) is 10.2 Å². The largest absolute Gasteiger partial charge is 0.422 e. The molecule has 1 aromatic rings. The fourth-order valence-corrected chi connectivity index (χ4v) is 2.94. The highest BCUT2D eigenvalue weighted by Crippen LogP contribution is 2.23. The van der Waals surface area contributed by atoms with E-state index in [1.807, 2.05) is 13.8 Å². The van der Waals surface area contributed by atoms with Gasteiger partial charge >= 0.3 is 0 Å². The molecule has 1 amide bonds. The highest BCUT2D eigenvalue weighted by Gasteiger charge is 2.29. The first-order chi connectivity index (χ1) is 12.1. The van der Waals surface area contributed by atoms with Crippen LogP contribution in [-0.4, -0.2) is 66.6 Å². The second-order valence-corrected chi connectivity index (χ2v) is 6.79. The number of carbonyl (C=O) groups is 1. The van der Waals surface area contributed by atoms with Gasteiger partial charge in [-0.2, -0.15) is 0 Å². The minimum absolute atomic E-state index is 0.0595. The number of hydrogen-bond donors (Lipinski definition) is 0. The van der Waals surface area contributed by atoms with Crippen molar-refractivity contribution in [2.75, 3.05) is 39.5 Å². The quantitative estimate of drug-likeness (QED) is 0.689. The number of morpholine rings is 1. The highest BCUT2D eigenvalue weighted by atomic mass is 16.5. The van der Waals surface area contributed by atoms with Crippen LogP contribution in [0.2, 0.25) is 0 Å². The molecular weight excluding hydrogens is 326 g/mol. The number of hydrogen-bond acceptors (Lipinski definition) is 7. The van der Waals surface area contributed by atoms with Crippen LogP contribution in [0.5, 0.6) is 0 Å². The topological polar surface area (TPSA) is 86.9 Å². The molecule has 3 heterocycles. The molecule has 2 fully saturated rings. The Morgan fingerprint density at radius 2 is 2.20 bits per heavy atom. The van der Waals surface area contributed by atoms with E-state index in [4.69, 9.17) is 18.6 Å². The maximum absolute atomic E-state index is 12.4. The van der Waals surface area contributed by atoms with Crippen LogP contribution >= 0.6 is 0 Å². The van der Waals surface area contributed by atoms with Crippen LogP contribution in [-0.2, 0) is 19.0 Å². The summed E-state index contributed by atoms with van der Waals surface area (Å²) < 4.78 is 22.4. The lowest BCUT2D eigenvalue weighted by atomic mass is 10.2. The summed E-state index contributed by atoms with van der Waals surface area (Å²) in [6, 6.07) is 0. The summed E-state index contributed by atoms with van der Waals surface area (Å²) >= 11 is 0. The summed E-state index contributed by atoms with van der Waals surface area (Å²) in [6.45, 7) is 7.26. The summed E-state index contributed by atoms with van der Waals surface area (Å²) in [5, 5.41) is 8.08. The Morgan fingerprint density at radius 3 is 2.92 bits per heavy atom. The van der Waals surface area contributed by atoms with E-state index in [0.29, 0.717) is 51.1 Å². The lowest BCUT2D eigenvalue weighted by molar-refractivity contribution is -0.141. The maximum Gasteiger partial charge on any atom is 0.247 e. The molecule has 1 aromatic heterocycles. The predicted molar refractivity (Wildman–Crippen MR) is 88.1 cm³/mol. The van der Waals surface area contributed by atoms with Crippen LogP contribution in [0, 0.1) is 0 Å². The third-order valence-corrected chi connectivity index (χ3v) is 4.43. The zero-order chi connectivity index (χ0) is 17.6. The number of aromatic nitrogens is 2. The van der Waals surface area contributed by atoms with Gasteiger partial charge in [-0.05, 0) is 12.8 Å². The van der Waals surface area contributed by atoms with Crippen LogP contribution in [0.15, 0.2) is 4.42 Å². The third-order valence-electron chi connectivity index (χ3n) is 4.43. The van der Waals surface area contributed by atoms with E-state index in [1.54, 1.807) is 4.90 Å². The molecule has 2 aliphatic rings. The van der Waals surface area contributed by atoms with Crippen molar-refractivity contribution in [2.24, 2.45) is 0 Å². The molecule has 0 bridgehead atoms. The highest BCUT2D eigenvalue weighted by molar-refractivity contribution is 5.76. The Labute approximate surface area is 147 Å². The monoisotopic (exact) mass is 353 g/mol. The van der Waals surface area contributed by atoms with Crippen molar-refractivity contribution in [3.8, 4) is 0 Å². The molecule has 0 saturated carbocycles. The fourth-order valence-electron chi connectivity index (χ4n) is 2.94.